The van der Waals surface area contributed by atoms with E-state index in [1.165, 1.54) is 25.7 Å². The zero-order valence-corrected chi connectivity index (χ0v) is 8.80. The molecular formula is C11H20N2O. The van der Waals surface area contributed by atoms with E-state index in [4.69, 9.17) is 0 Å². The van der Waals surface area contributed by atoms with Crippen LogP contribution in [0.25, 0.3) is 0 Å². The summed E-state index contributed by atoms with van der Waals surface area (Å²) in [7, 11) is 0. The molecule has 0 aromatic carbocycles. The summed E-state index contributed by atoms with van der Waals surface area (Å²) in [5, 5.41) is 3.36. The standard InChI is InChI=1S/C11H20N2O/c14-11(13-6-1-2-7-13)8-10-4-3-5-12-9-10/h10,12H,1-9H2/t10-/m0/s1. The summed E-state index contributed by atoms with van der Waals surface area (Å²) in [6.07, 6.45) is 5.64. The molecule has 0 radical (unpaired) electrons. The van der Waals surface area contributed by atoms with E-state index in [0.29, 0.717) is 11.8 Å². The lowest BCUT2D eigenvalue weighted by Crippen LogP contribution is -2.35. The summed E-state index contributed by atoms with van der Waals surface area (Å²) in [6.45, 7) is 4.17. The minimum Gasteiger partial charge on any atom is -0.343 e. The van der Waals surface area contributed by atoms with Gasteiger partial charge in [-0.25, -0.2) is 0 Å². The minimum absolute atomic E-state index is 0.385. The molecule has 0 saturated carbocycles. The van der Waals surface area contributed by atoms with Crippen molar-refractivity contribution < 1.29 is 4.79 Å². The van der Waals surface area contributed by atoms with Gasteiger partial charge in [-0.15, -0.1) is 0 Å². The van der Waals surface area contributed by atoms with Crippen molar-refractivity contribution in [3.8, 4) is 0 Å². The molecule has 3 nitrogen and oxygen atoms in total. The first-order chi connectivity index (χ1) is 6.86. The SMILES string of the molecule is O=C(C[C@@H]1CCCNC1)N1CCCC1. The quantitative estimate of drug-likeness (QED) is 0.714. The van der Waals surface area contributed by atoms with Crippen molar-refractivity contribution in [1.82, 2.24) is 10.2 Å². The van der Waals surface area contributed by atoms with Gasteiger partial charge in [0.1, 0.15) is 0 Å². The molecule has 1 N–H and O–H groups in total. The molecule has 0 aromatic heterocycles. The minimum atomic E-state index is 0.385. The Labute approximate surface area is 85.8 Å². The molecule has 80 valence electrons. The smallest absolute Gasteiger partial charge is 0.222 e. The number of likely N-dealkylation sites (tertiary alicyclic amines) is 1. The lowest BCUT2D eigenvalue weighted by molar-refractivity contribution is -0.131. The number of hydrogen-bond acceptors (Lipinski definition) is 2. The van der Waals surface area contributed by atoms with Gasteiger partial charge in [-0.2, -0.15) is 0 Å². The van der Waals surface area contributed by atoms with E-state index in [2.05, 4.69) is 5.32 Å². The third kappa shape index (κ3) is 2.47. The highest BCUT2D eigenvalue weighted by molar-refractivity contribution is 5.76. The Morgan fingerprint density at radius 2 is 2.07 bits per heavy atom. The monoisotopic (exact) mass is 196 g/mol. The van der Waals surface area contributed by atoms with Crippen LogP contribution in [-0.2, 0) is 4.79 Å². The number of piperidine rings is 1. The van der Waals surface area contributed by atoms with Gasteiger partial charge in [-0.1, -0.05) is 0 Å². The van der Waals surface area contributed by atoms with Gasteiger partial charge in [0, 0.05) is 19.5 Å². The fourth-order valence-corrected chi connectivity index (χ4v) is 2.44. The van der Waals surface area contributed by atoms with E-state index < -0.39 is 0 Å². The number of rotatable bonds is 2. The molecule has 0 spiro atoms. The third-order valence-corrected chi connectivity index (χ3v) is 3.32. The predicted octanol–water partition coefficient (Wildman–Crippen LogP) is 0.998. The van der Waals surface area contributed by atoms with E-state index in [1.54, 1.807) is 0 Å². The van der Waals surface area contributed by atoms with Crippen LogP contribution in [-0.4, -0.2) is 37.0 Å². The van der Waals surface area contributed by atoms with E-state index in [9.17, 15) is 4.79 Å². The highest BCUT2D eigenvalue weighted by atomic mass is 16.2. The zero-order valence-electron chi connectivity index (χ0n) is 8.80. The average Bonchev–Trinajstić information content (AvgIpc) is 2.72. The number of hydrogen-bond donors (Lipinski definition) is 1. The highest BCUT2D eigenvalue weighted by Crippen LogP contribution is 2.17. The maximum absolute atomic E-state index is 11.8. The predicted molar refractivity (Wildman–Crippen MR) is 56.0 cm³/mol. The number of amides is 1. The molecule has 1 amide bonds. The molecular weight excluding hydrogens is 176 g/mol. The molecule has 2 aliphatic rings. The maximum atomic E-state index is 11.8. The van der Waals surface area contributed by atoms with Crippen molar-refractivity contribution >= 4 is 5.91 Å². The van der Waals surface area contributed by atoms with Crippen molar-refractivity contribution in [3.63, 3.8) is 0 Å². The summed E-state index contributed by atoms with van der Waals surface area (Å²) in [4.78, 5) is 13.8. The van der Waals surface area contributed by atoms with E-state index in [1.807, 2.05) is 4.90 Å². The molecule has 2 heterocycles. The van der Waals surface area contributed by atoms with Crippen molar-refractivity contribution in [1.29, 1.82) is 0 Å². The van der Waals surface area contributed by atoms with E-state index in [0.717, 1.165) is 32.6 Å². The Kier molecular flexibility index (Phi) is 3.40. The van der Waals surface area contributed by atoms with Crippen molar-refractivity contribution in [2.24, 2.45) is 5.92 Å². The lowest BCUT2D eigenvalue weighted by Gasteiger charge is -2.24. The topological polar surface area (TPSA) is 32.3 Å². The summed E-state index contributed by atoms with van der Waals surface area (Å²) in [5.74, 6) is 0.980. The molecule has 1 atom stereocenters. The highest BCUT2D eigenvalue weighted by Gasteiger charge is 2.22. The molecule has 0 aliphatic carbocycles. The van der Waals surface area contributed by atoms with Gasteiger partial charge >= 0.3 is 0 Å². The van der Waals surface area contributed by atoms with Crippen LogP contribution < -0.4 is 5.32 Å². The molecule has 2 rings (SSSR count). The van der Waals surface area contributed by atoms with Crippen LogP contribution in [0.4, 0.5) is 0 Å². The number of carbonyl (C=O) groups is 1. The van der Waals surface area contributed by atoms with Crippen LogP contribution in [0.3, 0.4) is 0 Å². The van der Waals surface area contributed by atoms with Crippen LogP contribution in [0.2, 0.25) is 0 Å². The molecule has 2 fully saturated rings. The first kappa shape index (κ1) is 9.97. The summed E-state index contributed by atoms with van der Waals surface area (Å²) >= 11 is 0. The molecule has 0 bridgehead atoms. The Balaban J connectivity index is 1.75. The first-order valence-electron chi connectivity index (χ1n) is 5.85. The maximum Gasteiger partial charge on any atom is 0.222 e. The Hall–Kier alpha value is -0.570. The summed E-state index contributed by atoms with van der Waals surface area (Å²) in [6, 6.07) is 0. The van der Waals surface area contributed by atoms with Gasteiger partial charge in [-0.05, 0) is 44.7 Å². The lowest BCUT2D eigenvalue weighted by atomic mass is 9.96. The van der Waals surface area contributed by atoms with E-state index in [-0.39, 0.29) is 0 Å². The largest absolute Gasteiger partial charge is 0.343 e. The molecule has 0 unspecified atom stereocenters. The number of carbonyl (C=O) groups excluding carboxylic acids is 1. The van der Waals surface area contributed by atoms with Gasteiger partial charge in [0.15, 0.2) is 0 Å². The Morgan fingerprint density at radius 1 is 1.29 bits per heavy atom. The fourth-order valence-electron chi connectivity index (χ4n) is 2.44. The normalized spacial score (nSPS) is 28.0. The van der Waals surface area contributed by atoms with Crippen LogP contribution in [0, 0.1) is 5.92 Å². The van der Waals surface area contributed by atoms with Crippen molar-refractivity contribution in [3.05, 3.63) is 0 Å². The van der Waals surface area contributed by atoms with Crippen molar-refractivity contribution in [2.45, 2.75) is 32.1 Å². The Bertz CT molecular complexity index is 193. The van der Waals surface area contributed by atoms with Gasteiger partial charge in [0.2, 0.25) is 5.91 Å². The number of nitrogens with one attached hydrogen (secondary N) is 1. The van der Waals surface area contributed by atoms with Gasteiger partial charge in [-0.3, -0.25) is 4.79 Å². The average molecular weight is 196 g/mol. The van der Waals surface area contributed by atoms with Gasteiger partial charge in [0.25, 0.3) is 0 Å². The summed E-state index contributed by atoms with van der Waals surface area (Å²) < 4.78 is 0. The second-order valence-corrected chi connectivity index (χ2v) is 4.50. The zero-order chi connectivity index (χ0) is 9.80. The fraction of sp³-hybridized carbons (Fsp3) is 0.909. The van der Waals surface area contributed by atoms with Crippen LogP contribution in [0.15, 0.2) is 0 Å². The van der Waals surface area contributed by atoms with Gasteiger partial charge in [0.05, 0.1) is 0 Å². The van der Waals surface area contributed by atoms with Crippen LogP contribution in [0.5, 0.6) is 0 Å². The molecule has 3 heteroatoms. The first-order valence-corrected chi connectivity index (χ1v) is 5.85. The second kappa shape index (κ2) is 4.78. The number of nitrogens with zero attached hydrogens (tertiary/aromatic N) is 1. The van der Waals surface area contributed by atoms with Gasteiger partial charge < -0.3 is 10.2 Å². The molecule has 2 aliphatic heterocycles. The van der Waals surface area contributed by atoms with E-state index >= 15 is 0 Å². The summed E-state index contributed by atoms with van der Waals surface area (Å²) in [5.41, 5.74) is 0. The van der Waals surface area contributed by atoms with Crippen LogP contribution in [0.1, 0.15) is 32.1 Å². The van der Waals surface area contributed by atoms with Crippen LogP contribution >= 0.6 is 0 Å². The third-order valence-electron chi connectivity index (χ3n) is 3.32. The molecule has 14 heavy (non-hydrogen) atoms. The Morgan fingerprint density at radius 3 is 2.71 bits per heavy atom. The molecule has 0 aromatic rings. The molecule has 2 saturated heterocycles. The van der Waals surface area contributed by atoms with Crippen molar-refractivity contribution in [2.75, 3.05) is 26.2 Å². The second-order valence-electron chi connectivity index (χ2n) is 4.50.